The minimum Gasteiger partial charge on any atom is -0.496 e. The molecule has 7 aliphatic carbocycles. The highest BCUT2D eigenvalue weighted by atomic mass is 16.5. The molecule has 0 heterocycles. The van der Waals surface area contributed by atoms with Crippen molar-refractivity contribution in [2.24, 2.45) is 5.92 Å². The van der Waals surface area contributed by atoms with E-state index in [2.05, 4.69) is 54.6 Å². The smallest absolute Gasteiger partial charge is 0.122 e. The Morgan fingerprint density at radius 3 is 1.25 bits per heavy atom. The van der Waals surface area contributed by atoms with Crippen molar-refractivity contribution in [1.29, 1.82) is 0 Å². The highest BCUT2D eigenvalue weighted by Gasteiger charge is 2.64. The zero-order valence-corrected chi connectivity index (χ0v) is 32.3. The van der Waals surface area contributed by atoms with Gasteiger partial charge in [0.05, 0.1) is 20.8 Å². The quantitative estimate of drug-likeness (QED) is 0.241. The maximum atomic E-state index is 10.6. The predicted molar refractivity (Wildman–Crippen MR) is 212 cm³/mol. The van der Waals surface area contributed by atoms with Crippen LogP contribution in [0.4, 0.5) is 0 Å². The van der Waals surface area contributed by atoms with Crippen LogP contribution < -0.4 is 9.47 Å². The summed E-state index contributed by atoms with van der Waals surface area (Å²) in [5.41, 5.74) is 10.8. The van der Waals surface area contributed by atoms with E-state index in [-0.39, 0.29) is 22.9 Å². The van der Waals surface area contributed by atoms with Crippen LogP contribution in [0, 0.1) is 5.92 Å². The van der Waals surface area contributed by atoms with Gasteiger partial charge in [0.1, 0.15) is 11.5 Å². The molecule has 278 valence electrons. The molecule has 0 saturated heterocycles. The first-order valence-electron chi connectivity index (χ1n) is 21.6. The van der Waals surface area contributed by atoms with Crippen LogP contribution in [-0.4, -0.2) is 19.3 Å². The van der Waals surface area contributed by atoms with Crippen molar-refractivity contribution < 1.29 is 14.6 Å². The van der Waals surface area contributed by atoms with Gasteiger partial charge in [-0.15, -0.1) is 0 Å². The van der Waals surface area contributed by atoms with Crippen LogP contribution in [0.3, 0.4) is 0 Å². The summed E-state index contributed by atoms with van der Waals surface area (Å²) in [5, 5.41) is 10.6. The van der Waals surface area contributed by atoms with E-state index < -0.39 is 0 Å². The SMILES string of the molecule is COc1ccc(C23CC4CC(c5ccc(CO)c(C6CCCCC6)c5)(C2)CC(c2ccc(OC)c(C5CCCCC5)c2)(C4)C3)cc1C1CCCCC1. The maximum Gasteiger partial charge on any atom is 0.122 e. The fourth-order valence-electron chi connectivity index (χ4n) is 13.9. The number of aliphatic hydroxyl groups excluding tert-OH is 1. The molecule has 7 fully saturated rings. The van der Waals surface area contributed by atoms with Gasteiger partial charge in [-0.2, -0.15) is 0 Å². The van der Waals surface area contributed by atoms with Gasteiger partial charge in [-0.1, -0.05) is 100 Å². The summed E-state index contributed by atoms with van der Waals surface area (Å²) in [5.74, 6) is 4.73. The first-order chi connectivity index (χ1) is 25.5. The lowest BCUT2D eigenvalue weighted by molar-refractivity contribution is -0.0495. The van der Waals surface area contributed by atoms with Gasteiger partial charge < -0.3 is 14.6 Å². The van der Waals surface area contributed by atoms with E-state index in [0.717, 1.165) is 11.5 Å². The van der Waals surface area contributed by atoms with Crippen LogP contribution in [0.2, 0.25) is 0 Å². The van der Waals surface area contributed by atoms with Gasteiger partial charge in [-0.25, -0.2) is 0 Å². The van der Waals surface area contributed by atoms with Crippen molar-refractivity contribution in [3.8, 4) is 11.5 Å². The molecular formula is C49H64O3. The Hall–Kier alpha value is -2.78. The second-order valence-corrected chi connectivity index (χ2v) is 18.8. The second-order valence-electron chi connectivity index (χ2n) is 18.8. The van der Waals surface area contributed by atoms with Crippen LogP contribution in [0.5, 0.6) is 11.5 Å². The van der Waals surface area contributed by atoms with Crippen LogP contribution >= 0.6 is 0 Å². The number of ether oxygens (including phenoxy) is 2. The molecule has 1 N–H and O–H groups in total. The minimum atomic E-state index is 0.132. The monoisotopic (exact) mass is 700 g/mol. The number of hydrogen-bond donors (Lipinski definition) is 1. The zero-order valence-electron chi connectivity index (χ0n) is 32.3. The normalized spacial score (nSPS) is 31.2. The average molecular weight is 701 g/mol. The summed E-state index contributed by atoms with van der Waals surface area (Å²) >= 11 is 0. The molecular weight excluding hydrogens is 637 g/mol. The van der Waals surface area contributed by atoms with Gasteiger partial charge in [0.25, 0.3) is 0 Å². The molecule has 4 bridgehead atoms. The van der Waals surface area contributed by atoms with Crippen LogP contribution in [0.25, 0.3) is 0 Å². The van der Waals surface area contributed by atoms with Crippen molar-refractivity contribution in [3.05, 3.63) is 93.5 Å². The third-order valence-corrected chi connectivity index (χ3v) is 15.8. The van der Waals surface area contributed by atoms with Crippen molar-refractivity contribution in [1.82, 2.24) is 0 Å². The van der Waals surface area contributed by atoms with E-state index in [1.807, 2.05) is 14.2 Å². The number of aliphatic hydroxyl groups is 1. The molecule has 10 rings (SSSR count). The molecule has 3 nitrogen and oxygen atoms in total. The van der Waals surface area contributed by atoms with Crippen molar-refractivity contribution in [2.45, 2.75) is 175 Å². The van der Waals surface area contributed by atoms with Crippen molar-refractivity contribution in [3.63, 3.8) is 0 Å². The second kappa shape index (κ2) is 14.1. The molecule has 0 aromatic heterocycles. The third kappa shape index (κ3) is 6.04. The standard InChI is InChI=1S/C49H64O3/c1-51-45-22-20-40(25-43(45)36-14-8-4-9-15-36)48-28-34-27-47(31-48,39-19-18-38(30-50)42(24-39)35-12-6-3-7-13-35)32-49(29-34,33-48)41-21-23-46(52-2)44(26-41)37-16-10-5-11-17-37/h18-26,34-37,50H,3-17,27-33H2,1-2H3. The Balaban J connectivity index is 1.19. The summed E-state index contributed by atoms with van der Waals surface area (Å²) in [6, 6.07) is 22.4. The fourth-order valence-corrected chi connectivity index (χ4v) is 13.9. The van der Waals surface area contributed by atoms with Crippen molar-refractivity contribution >= 4 is 0 Å². The highest BCUT2D eigenvalue weighted by molar-refractivity contribution is 5.51. The molecule has 0 aliphatic heterocycles. The van der Waals surface area contributed by atoms with E-state index in [1.165, 1.54) is 157 Å². The van der Waals surface area contributed by atoms with E-state index in [1.54, 1.807) is 16.7 Å². The molecule has 7 aliphatic rings. The zero-order chi connectivity index (χ0) is 35.3. The molecule has 7 saturated carbocycles. The Bertz CT molecular complexity index is 1530. The average Bonchev–Trinajstić information content (AvgIpc) is 3.20. The van der Waals surface area contributed by atoms with Crippen molar-refractivity contribution in [2.75, 3.05) is 14.2 Å². The number of rotatable bonds is 9. The van der Waals surface area contributed by atoms with Crippen LogP contribution in [-0.2, 0) is 22.9 Å². The van der Waals surface area contributed by atoms with E-state index in [0.29, 0.717) is 23.7 Å². The molecule has 0 spiro atoms. The molecule has 2 unspecified atom stereocenters. The number of benzene rings is 3. The van der Waals surface area contributed by atoms with Gasteiger partial charge in [-0.05, 0) is 168 Å². The molecule has 0 radical (unpaired) electrons. The van der Waals surface area contributed by atoms with Crippen LogP contribution in [0.1, 0.15) is 192 Å². The molecule has 2 atom stereocenters. The Morgan fingerprint density at radius 1 is 0.500 bits per heavy atom. The molecule has 3 aromatic carbocycles. The van der Waals surface area contributed by atoms with E-state index >= 15 is 0 Å². The molecule has 52 heavy (non-hydrogen) atoms. The van der Waals surface area contributed by atoms with Gasteiger partial charge in [-0.3, -0.25) is 0 Å². The highest BCUT2D eigenvalue weighted by Crippen LogP contribution is 2.71. The molecule has 0 amide bonds. The topological polar surface area (TPSA) is 38.7 Å². The van der Waals surface area contributed by atoms with E-state index in [9.17, 15) is 5.11 Å². The maximum absolute atomic E-state index is 10.6. The van der Waals surface area contributed by atoms with Gasteiger partial charge >= 0.3 is 0 Å². The lowest BCUT2D eigenvalue weighted by atomic mass is 9.36. The third-order valence-electron chi connectivity index (χ3n) is 15.8. The largest absolute Gasteiger partial charge is 0.496 e. The minimum absolute atomic E-state index is 0.132. The predicted octanol–water partition coefficient (Wildman–Crippen LogP) is 12.5. The molecule has 3 heteroatoms. The summed E-state index contributed by atoms with van der Waals surface area (Å²) in [7, 11) is 3.76. The first kappa shape index (κ1) is 35.0. The van der Waals surface area contributed by atoms with E-state index in [4.69, 9.17) is 9.47 Å². The summed E-state index contributed by atoms with van der Waals surface area (Å²) < 4.78 is 12.2. The van der Waals surface area contributed by atoms with Gasteiger partial charge in [0.2, 0.25) is 0 Å². The summed E-state index contributed by atoms with van der Waals surface area (Å²) in [6.45, 7) is 0.154. The summed E-state index contributed by atoms with van der Waals surface area (Å²) in [6.07, 6.45) is 27.4. The summed E-state index contributed by atoms with van der Waals surface area (Å²) in [4.78, 5) is 0. The van der Waals surface area contributed by atoms with Gasteiger partial charge in [0, 0.05) is 0 Å². The molecule has 3 aromatic rings. The lowest BCUT2D eigenvalue weighted by Crippen LogP contribution is -2.62. The van der Waals surface area contributed by atoms with Crippen LogP contribution in [0.15, 0.2) is 54.6 Å². The lowest BCUT2D eigenvalue weighted by Gasteiger charge is -2.67. The van der Waals surface area contributed by atoms with Gasteiger partial charge in [0.15, 0.2) is 0 Å². The Morgan fingerprint density at radius 2 is 0.865 bits per heavy atom. The first-order valence-corrected chi connectivity index (χ1v) is 21.6. The number of methoxy groups -OCH3 is 2. The fraction of sp³-hybridized carbons (Fsp3) is 0.633. The Kier molecular flexibility index (Phi) is 9.50. The number of hydrogen-bond acceptors (Lipinski definition) is 3. The Labute approximate surface area is 314 Å².